The zero-order valence-electron chi connectivity index (χ0n) is 18.3. The number of aromatic nitrogens is 1. The fraction of sp³-hybridized carbons (Fsp3) is 0.192. The van der Waals surface area contributed by atoms with Crippen molar-refractivity contribution < 1.29 is 19.4 Å². The van der Waals surface area contributed by atoms with Gasteiger partial charge in [-0.25, -0.2) is 0 Å². The Morgan fingerprint density at radius 2 is 1.97 bits per heavy atom. The largest absolute Gasteiger partial charge is 0.507 e. The number of ether oxygens (including phenoxy) is 1. The van der Waals surface area contributed by atoms with Crippen molar-refractivity contribution in [3.8, 4) is 5.75 Å². The molecule has 2 aromatic carbocycles. The molecule has 0 bridgehead atoms. The Kier molecular flexibility index (Phi) is 6.47. The summed E-state index contributed by atoms with van der Waals surface area (Å²) in [5.41, 5.74) is 2.69. The summed E-state index contributed by atoms with van der Waals surface area (Å²) >= 11 is 6.37. The van der Waals surface area contributed by atoms with Crippen LogP contribution in [-0.4, -0.2) is 33.3 Å². The number of aliphatic hydroxyl groups is 1. The van der Waals surface area contributed by atoms with Gasteiger partial charge in [-0.3, -0.25) is 14.6 Å². The molecular formula is C26H23ClN2O4. The lowest BCUT2D eigenvalue weighted by atomic mass is 9.94. The second-order valence-electron chi connectivity index (χ2n) is 7.78. The number of ketones is 1. The van der Waals surface area contributed by atoms with Crippen LogP contribution >= 0.6 is 11.6 Å². The average Bonchev–Trinajstić information content (AvgIpc) is 3.06. The summed E-state index contributed by atoms with van der Waals surface area (Å²) in [6.07, 6.45) is 3.29. The minimum absolute atomic E-state index is 0.00922. The Morgan fingerprint density at radius 3 is 2.67 bits per heavy atom. The van der Waals surface area contributed by atoms with Crippen molar-refractivity contribution in [2.45, 2.75) is 26.4 Å². The lowest BCUT2D eigenvalue weighted by Gasteiger charge is -2.25. The monoisotopic (exact) mass is 462 g/mol. The zero-order chi connectivity index (χ0) is 23.5. The molecule has 7 heteroatoms. The van der Waals surface area contributed by atoms with Gasteiger partial charge in [-0.1, -0.05) is 47.5 Å². The number of aryl methyl sites for hydroxylation is 1. The number of hydrogen-bond acceptors (Lipinski definition) is 5. The molecule has 1 unspecified atom stereocenters. The molecule has 3 aromatic rings. The van der Waals surface area contributed by atoms with Crippen molar-refractivity contribution in [1.82, 2.24) is 9.88 Å². The fourth-order valence-corrected chi connectivity index (χ4v) is 4.21. The number of benzene rings is 2. The summed E-state index contributed by atoms with van der Waals surface area (Å²) < 4.78 is 5.53. The van der Waals surface area contributed by atoms with Crippen LogP contribution in [0.4, 0.5) is 0 Å². The minimum Gasteiger partial charge on any atom is -0.507 e. The van der Waals surface area contributed by atoms with Crippen molar-refractivity contribution in [2.24, 2.45) is 0 Å². The van der Waals surface area contributed by atoms with Gasteiger partial charge in [-0.05, 0) is 49.2 Å². The number of nitrogens with zero attached hydrogens (tertiary/aromatic N) is 2. The molecule has 0 aliphatic carbocycles. The molecule has 1 saturated heterocycles. The number of Topliss-reactive ketones (excluding diaryl/α,β-unsaturated/α-hetero) is 1. The summed E-state index contributed by atoms with van der Waals surface area (Å²) in [6, 6.07) is 15.2. The molecule has 1 amide bonds. The van der Waals surface area contributed by atoms with Gasteiger partial charge in [0.2, 0.25) is 0 Å². The second-order valence-corrected chi connectivity index (χ2v) is 8.18. The summed E-state index contributed by atoms with van der Waals surface area (Å²) in [5.74, 6) is -1.29. The summed E-state index contributed by atoms with van der Waals surface area (Å²) in [6.45, 7) is 4.37. The Labute approximate surface area is 197 Å². The molecule has 1 aliphatic rings. The van der Waals surface area contributed by atoms with Crippen LogP contribution in [0.25, 0.3) is 5.76 Å². The van der Waals surface area contributed by atoms with E-state index in [0.29, 0.717) is 12.4 Å². The molecule has 1 fully saturated rings. The van der Waals surface area contributed by atoms with E-state index in [4.69, 9.17) is 16.3 Å². The van der Waals surface area contributed by atoms with Crippen molar-refractivity contribution in [1.29, 1.82) is 0 Å². The number of aliphatic hydroxyl groups excluding tert-OH is 1. The van der Waals surface area contributed by atoms with Crippen LogP contribution in [0.15, 0.2) is 72.6 Å². The van der Waals surface area contributed by atoms with Crippen LogP contribution in [0.1, 0.15) is 35.2 Å². The van der Waals surface area contributed by atoms with Gasteiger partial charge in [-0.15, -0.1) is 0 Å². The van der Waals surface area contributed by atoms with Crippen LogP contribution in [-0.2, 0) is 16.1 Å². The van der Waals surface area contributed by atoms with Crippen LogP contribution in [0.3, 0.4) is 0 Å². The van der Waals surface area contributed by atoms with Gasteiger partial charge in [0, 0.05) is 24.5 Å². The van der Waals surface area contributed by atoms with Gasteiger partial charge in [0.05, 0.1) is 23.2 Å². The van der Waals surface area contributed by atoms with Crippen LogP contribution < -0.4 is 4.74 Å². The predicted octanol–water partition coefficient (Wildman–Crippen LogP) is 5.06. The van der Waals surface area contributed by atoms with E-state index in [1.54, 1.807) is 36.7 Å². The van der Waals surface area contributed by atoms with E-state index in [2.05, 4.69) is 4.98 Å². The molecule has 33 heavy (non-hydrogen) atoms. The first-order valence-electron chi connectivity index (χ1n) is 10.6. The first kappa shape index (κ1) is 22.6. The van der Waals surface area contributed by atoms with Gasteiger partial charge in [0.15, 0.2) is 0 Å². The maximum atomic E-state index is 13.2. The Hall–Kier alpha value is -3.64. The summed E-state index contributed by atoms with van der Waals surface area (Å²) in [7, 11) is 0. The topological polar surface area (TPSA) is 79.7 Å². The van der Waals surface area contributed by atoms with E-state index in [-0.39, 0.29) is 28.5 Å². The predicted molar refractivity (Wildman–Crippen MR) is 126 cm³/mol. The van der Waals surface area contributed by atoms with Gasteiger partial charge in [0.1, 0.15) is 11.5 Å². The number of amides is 1. The van der Waals surface area contributed by atoms with E-state index in [9.17, 15) is 14.7 Å². The summed E-state index contributed by atoms with van der Waals surface area (Å²) in [4.78, 5) is 31.9. The molecule has 1 aliphatic heterocycles. The highest BCUT2D eigenvalue weighted by atomic mass is 35.5. The molecule has 2 heterocycles. The molecule has 168 valence electrons. The lowest BCUT2D eigenvalue weighted by Crippen LogP contribution is -2.29. The Morgan fingerprint density at radius 1 is 1.15 bits per heavy atom. The normalized spacial score (nSPS) is 17.4. The molecule has 4 rings (SSSR count). The third-order valence-corrected chi connectivity index (χ3v) is 5.81. The summed E-state index contributed by atoms with van der Waals surface area (Å²) in [5, 5.41) is 11.5. The van der Waals surface area contributed by atoms with Gasteiger partial charge >= 0.3 is 0 Å². The molecule has 0 spiro atoms. The number of hydrogen-bond donors (Lipinski definition) is 1. The first-order valence-corrected chi connectivity index (χ1v) is 10.9. The molecule has 0 saturated carbocycles. The highest BCUT2D eigenvalue weighted by Gasteiger charge is 2.46. The van der Waals surface area contributed by atoms with Crippen LogP contribution in [0.2, 0.25) is 5.02 Å². The molecule has 1 aromatic heterocycles. The van der Waals surface area contributed by atoms with E-state index in [1.807, 2.05) is 44.2 Å². The maximum Gasteiger partial charge on any atom is 0.295 e. The Bertz CT molecular complexity index is 1240. The Balaban J connectivity index is 1.89. The quantitative estimate of drug-likeness (QED) is 0.314. The number of likely N-dealkylation sites (tertiary alicyclic amines) is 1. The van der Waals surface area contributed by atoms with Gasteiger partial charge in [0.25, 0.3) is 11.7 Å². The van der Waals surface area contributed by atoms with Crippen molar-refractivity contribution >= 4 is 29.1 Å². The van der Waals surface area contributed by atoms with E-state index >= 15 is 0 Å². The minimum atomic E-state index is -0.781. The van der Waals surface area contributed by atoms with E-state index in [0.717, 1.165) is 16.7 Å². The van der Waals surface area contributed by atoms with Gasteiger partial charge in [-0.2, -0.15) is 0 Å². The standard InChI is InChI=1S/C26H23ClN2O4/c1-3-33-19-9-10-21(27)20(13-19)24(30)22-23(18-8-4-6-16(2)12-18)29(26(32)25(22)31)15-17-7-5-11-28-14-17/h4-14,23,30H,3,15H2,1-2H3/b24-22+. The highest BCUT2D eigenvalue weighted by Crippen LogP contribution is 2.42. The van der Waals surface area contributed by atoms with Crippen LogP contribution in [0.5, 0.6) is 5.75 Å². The van der Waals surface area contributed by atoms with Crippen molar-refractivity contribution in [3.63, 3.8) is 0 Å². The van der Waals surface area contributed by atoms with E-state index in [1.165, 1.54) is 4.90 Å². The third-order valence-electron chi connectivity index (χ3n) is 5.48. The van der Waals surface area contributed by atoms with E-state index < -0.39 is 17.7 Å². The average molecular weight is 463 g/mol. The molecule has 1 N–H and O–H groups in total. The second kappa shape index (κ2) is 9.46. The fourth-order valence-electron chi connectivity index (χ4n) is 4.01. The number of carbonyl (C=O) groups is 2. The first-order chi connectivity index (χ1) is 15.9. The number of rotatable bonds is 6. The molecular weight excluding hydrogens is 440 g/mol. The number of carbonyl (C=O) groups excluding carboxylic acids is 2. The van der Waals surface area contributed by atoms with Crippen molar-refractivity contribution in [3.05, 3.63) is 99.8 Å². The molecule has 6 nitrogen and oxygen atoms in total. The molecule has 1 atom stereocenters. The SMILES string of the molecule is CCOc1ccc(Cl)c(/C(O)=C2\C(=O)C(=O)N(Cc3cccnc3)C2c2cccc(C)c2)c1. The smallest absolute Gasteiger partial charge is 0.295 e. The zero-order valence-corrected chi connectivity index (χ0v) is 19.0. The maximum absolute atomic E-state index is 13.2. The highest BCUT2D eigenvalue weighted by molar-refractivity contribution is 6.47. The van der Waals surface area contributed by atoms with Crippen molar-refractivity contribution in [2.75, 3.05) is 6.61 Å². The number of halogens is 1. The van der Waals surface area contributed by atoms with Gasteiger partial charge < -0.3 is 14.7 Å². The van der Waals surface area contributed by atoms with Crippen LogP contribution in [0, 0.1) is 6.92 Å². The lowest BCUT2D eigenvalue weighted by molar-refractivity contribution is -0.140. The molecule has 0 radical (unpaired) electrons. The third kappa shape index (κ3) is 4.47. The number of pyridine rings is 1.